The third-order valence-corrected chi connectivity index (χ3v) is 2.97. The van der Waals surface area contributed by atoms with Crippen molar-refractivity contribution in [2.24, 2.45) is 5.92 Å². The normalized spacial score (nSPS) is 16.2. The molecule has 1 aliphatic rings. The minimum atomic E-state index is 0.617. The van der Waals surface area contributed by atoms with Crippen LogP contribution in [-0.2, 0) is 4.74 Å². The molecule has 0 amide bonds. The van der Waals surface area contributed by atoms with Gasteiger partial charge in [-0.3, -0.25) is 0 Å². The molecule has 2 nitrogen and oxygen atoms in total. The summed E-state index contributed by atoms with van der Waals surface area (Å²) in [6.45, 7) is 6.83. The molecule has 0 heterocycles. The van der Waals surface area contributed by atoms with Gasteiger partial charge in [-0.25, -0.2) is 0 Å². The van der Waals surface area contributed by atoms with Crippen LogP contribution in [0.1, 0.15) is 33.1 Å². The molecule has 1 unspecified atom stereocenters. The van der Waals surface area contributed by atoms with E-state index in [1.54, 1.807) is 0 Å². The maximum Gasteiger partial charge on any atom is 0.119 e. The molecule has 1 aromatic rings. The van der Waals surface area contributed by atoms with Gasteiger partial charge in [-0.2, -0.15) is 0 Å². The van der Waals surface area contributed by atoms with Crippen LogP contribution >= 0.6 is 0 Å². The first-order chi connectivity index (χ1) is 10.4. The smallest absolute Gasteiger partial charge is 0.119 e. The summed E-state index contributed by atoms with van der Waals surface area (Å²) in [6, 6.07) is 9.88. The van der Waals surface area contributed by atoms with E-state index in [1.165, 1.54) is 0 Å². The van der Waals surface area contributed by atoms with Crippen LogP contribution in [-0.4, -0.2) is 19.8 Å². The van der Waals surface area contributed by atoms with Crippen molar-refractivity contribution in [2.75, 3.05) is 19.8 Å². The van der Waals surface area contributed by atoms with Gasteiger partial charge in [0.15, 0.2) is 0 Å². The molecule has 0 spiro atoms. The highest BCUT2D eigenvalue weighted by molar-refractivity contribution is 5.20. The highest BCUT2D eigenvalue weighted by atomic mass is 16.5. The van der Waals surface area contributed by atoms with Crippen molar-refractivity contribution in [2.45, 2.75) is 33.1 Å². The summed E-state index contributed by atoms with van der Waals surface area (Å²) in [5.41, 5.74) is 0. The van der Waals surface area contributed by atoms with Crippen molar-refractivity contribution in [3.8, 4) is 5.75 Å². The summed E-state index contributed by atoms with van der Waals surface area (Å²) < 4.78 is 10.8. The Hall–Kier alpha value is -1.54. The first-order valence-electron chi connectivity index (χ1n) is 7.95. The summed E-state index contributed by atoms with van der Waals surface area (Å²) >= 11 is 0. The molecule has 2 rings (SSSR count). The van der Waals surface area contributed by atoms with E-state index >= 15 is 0 Å². The van der Waals surface area contributed by atoms with Gasteiger partial charge < -0.3 is 9.47 Å². The zero-order chi connectivity index (χ0) is 15.2. The second-order valence-corrected chi connectivity index (χ2v) is 5.05. The van der Waals surface area contributed by atoms with Gasteiger partial charge in [-0.15, -0.1) is 0 Å². The van der Waals surface area contributed by atoms with Crippen molar-refractivity contribution < 1.29 is 9.47 Å². The fourth-order valence-electron chi connectivity index (χ4n) is 1.87. The zero-order valence-corrected chi connectivity index (χ0v) is 13.3. The summed E-state index contributed by atoms with van der Waals surface area (Å²) in [4.78, 5) is 0. The number of ether oxygens (including phenoxy) is 2. The lowest BCUT2D eigenvalue weighted by molar-refractivity contribution is 0.113. The van der Waals surface area contributed by atoms with Crippen molar-refractivity contribution >= 4 is 0 Å². The van der Waals surface area contributed by atoms with Gasteiger partial charge in [0.2, 0.25) is 0 Å². The van der Waals surface area contributed by atoms with Crippen LogP contribution in [0.4, 0.5) is 0 Å². The maximum atomic E-state index is 5.44. The van der Waals surface area contributed by atoms with E-state index in [2.05, 4.69) is 38.2 Å². The second kappa shape index (κ2) is 12.2. The molecule has 1 atom stereocenters. The summed E-state index contributed by atoms with van der Waals surface area (Å²) in [6.07, 6.45) is 11.9. The van der Waals surface area contributed by atoms with Gasteiger partial charge in [0.1, 0.15) is 5.75 Å². The molecule has 0 bridgehead atoms. The first-order valence-corrected chi connectivity index (χ1v) is 7.95. The third kappa shape index (κ3) is 9.09. The van der Waals surface area contributed by atoms with Gasteiger partial charge in [-0.05, 0) is 31.4 Å². The number of benzene rings is 1. The lowest BCUT2D eigenvalue weighted by Crippen LogP contribution is -2.08. The molecule has 0 radical (unpaired) electrons. The Morgan fingerprint density at radius 1 is 1.00 bits per heavy atom. The topological polar surface area (TPSA) is 18.5 Å². The SMILES string of the molecule is CCCOCC1C=CC=CC1.CCCOc1ccccc1. The quantitative estimate of drug-likeness (QED) is 0.656. The molecule has 1 aliphatic carbocycles. The summed E-state index contributed by atoms with van der Waals surface area (Å²) in [5.74, 6) is 1.58. The Balaban J connectivity index is 0.000000211. The molecular formula is C19H28O2. The molecule has 0 N–H and O–H groups in total. The van der Waals surface area contributed by atoms with E-state index in [1.807, 2.05) is 30.3 Å². The van der Waals surface area contributed by atoms with E-state index in [-0.39, 0.29) is 0 Å². The van der Waals surface area contributed by atoms with Crippen LogP contribution in [0.25, 0.3) is 0 Å². The van der Waals surface area contributed by atoms with Gasteiger partial charge in [-0.1, -0.05) is 56.4 Å². The molecule has 1 aromatic carbocycles. The van der Waals surface area contributed by atoms with Crippen LogP contribution < -0.4 is 4.74 Å². The standard InChI is InChI=1S/C10H16O.C9H12O/c1-2-8-11-9-10-6-4-3-5-7-10;1-2-8-10-9-6-4-3-5-7-9/h3-6,10H,2,7-9H2,1H3;3-7H,2,8H2,1H3. The number of rotatable bonds is 7. The van der Waals surface area contributed by atoms with Gasteiger partial charge >= 0.3 is 0 Å². The Kier molecular flexibility index (Phi) is 10.2. The van der Waals surface area contributed by atoms with E-state index in [4.69, 9.17) is 9.47 Å². The molecule has 0 saturated carbocycles. The highest BCUT2D eigenvalue weighted by Gasteiger charge is 2.03. The van der Waals surface area contributed by atoms with E-state index in [0.29, 0.717) is 5.92 Å². The lowest BCUT2D eigenvalue weighted by atomic mass is 10.0. The minimum Gasteiger partial charge on any atom is -0.494 e. The second-order valence-electron chi connectivity index (χ2n) is 5.05. The van der Waals surface area contributed by atoms with Gasteiger partial charge in [0, 0.05) is 12.5 Å². The number of hydrogen-bond acceptors (Lipinski definition) is 2. The Morgan fingerprint density at radius 2 is 1.76 bits per heavy atom. The monoisotopic (exact) mass is 288 g/mol. The number of para-hydroxylation sites is 1. The van der Waals surface area contributed by atoms with E-state index in [9.17, 15) is 0 Å². The van der Waals surface area contributed by atoms with Crippen molar-refractivity contribution in [3.05, 3.63) is 54.6 Å². The Labute approximate surface area is 129 Å². The predicted octanol–water partition coefficient (Wildman–Crippen LogP) is 5.02. The van der Waals surface area contributed by atoms with Crippen LogP contribution in [0.15, 0.2) is 54.6 Å². The molecule has 0 aliphatic heterocycles. The largest absolute Gasteiger partial charge is 0.494 e. The van der Waals surface area contributed by atoms with Crippen LogP contribution in [0.5, 0.6) is 5.75 Å². The maximum absolute atomic E-state index is 5.44. The fraction of sp³-hybridized carbons (Fsp3) is 0.474. The number of hydrogen-bond donors (Lipinski definition) is 0. The Bertz CT molecular complexity index is 395. The third-order valence-electron chi connectivity index (χ3n) is 2.97. The van der Waals surface area contributed by atoms with Gasteiger partial charge in [0.05, 0.1) is 13.2 Å². The average Bonchev–Trinajstić information content (AvgIpc) is 2.56. The minimum absolute atomic E-state index is 0.617. The van der Waals surface area contributed by atoms with Gasteiger partial charge in [0.25, 0.3) is 0 Å². The number of allylic oxidation sites excluding steroid dienone is 3. The van der Waals surface area contributed by atoms with Crippen molar-refractivity contribution in [1.82, 2.24) is 0 Å². The lowest BCUT2D eigenvalue weighted by Gasteiger charge is -2.12. The Morgan fingerprint density at radius 3 is 2.38 bits per heavy atom. The summed E-state index contributed by atoms with van der Waals surface area (Å²) in [5, 5.41) is 0. The molecule has 21 heavy (non-hydrogen) atoms. The predicted molar refractivity (Wildman–Crippen MR) is 89.7 cm³/mol. The van der Waals surface area contributed by atoms with Crippen LogP contribution in [0, 0.1) is 5.92 Å². The molecular weight excluding hydrogens is 260 g/mol. The van der Waals surface area contributed by atoms with Crippen LogP contribution in [0.2, 0.25) is 0 Å². The summed E-state index contributed by atoms with van der Waals surface area (Å²) in [7, 11) is 0. The fourth-order valence-corrected chi connectivity index (χ4v) is 1.87. The van der Waals surface area contributed by atoms with Crippen molar-refractivity contribution in [1.29, 1.82) is 0 Å². The molecule has 0 fully saturated rings. The van der Waals surface area contributed by atoms with E-state index in [0.717, 1.165) is 44.8 Å². The van der Waals surface area contributed by atoms with Crippen LogP contribution in [0.3, 0.4) is 0 Å². The first kappa shape index (κ1) is 17.5. The van der Waals surface area contributed by atoms with Crippen molar-refractivity contribution in [3.63, 3.8) is 0 Å². The molecule has 0 saturated heterocycles. The van der Waals surface area contributed by atoms with E-state index < -0.39 is 0 Å². The average molecular weight is 288 g/mol. The highest BCUT2D eigenvalue weighted by Crippen LogP contribution is 2.11. The molecule has 2 heteroatoms. The zero-order valence-electron chi connectivity index (χ0n) is 13.3. The molecule has 116 valence electrons. The molecule has 0 aromatic heterocycles.